The second kappa shape index (κ2) is 10.3. The van der Waals surface area contributed by atoms with Crippen molar-refractivity contribution in [3.63, 3.8) is 0 Å². The van der Waals surface area contributed by atoms with Gasteiger partial charge < -0.3 is 9.64 Å². The van der Waals surface area contributed by atoms with Crippen LogP contribution < -0.4 is 16.0 Å². The predicted octanol–water partition coefficient (Wildman–Crippen LogP) is 4.74. The van der Waals surface area contributed by atoms with Gasteiger partial charge in [-0.15, -0.1) is 5.10 Å². The molecule has 1 aliphatic heterocycles. The van der Waals surface area contributed by atoms with Crippen molar-refractivity contribution in [3.05, 3.63) is 113 Å². The van der Waals surface area contributed by atoms with Gasteiger partial charge in [-0.2, -0.15) is 9.94 Å². The Balaban J connectivity index is 1.38. The van der Waals surface area contributed by atoms with Crippen LogP contribution in [-0.4, -0.2) is 32.1 Å². The third-order valence-corrected chi connectivity index (χ3v) is 6.73. The van der Waals surface area contributed by atoms with Crippen molar-refractivity contribution >= 4 is 40.7 Å². The van der Waals surface area contributed by atoms with Crippen molar-refractivity contribution in [1.82, 2.24) is 19.7 Å². The molecule has 0 saturated heterocycles. The molecule has 4 aromatic rings. The van der Waals surface area contributed by atoms with E-state index < -0.39 is 16.9 Å². The van der Waals surface area contributed by atoms with Gasteiger partial charge >= 0.3 is 5.69 Å². The van der Waals surface area contributed by atoms with Crippen LogP contribution in [0.15, 0.2) is 64.2 Å². The zero-order valence-electron chi connectivity index (χ0n) is 19.4. The van der Waals surface area contributed by atoms with E-state index in [1.807, 2.05) is 17.1 Å². The lowest BCUT2D eigenvalue weighted by molar-refractivity contribution is 0.0727. The summed E-state index contributed by atoms with van der Waals surface area (Å²) in [6.45, 7) is 1.02. The van der Waals surface area contributed by atoms with Gasteiger partial charge in [0.1, 0.15) is 11.8 Å². The first kappa shape index (κ1) is 25.5. The number of hydrogen-bond donors (Lipinski definition) is 1. The smallest absolute Gasteiger partial charge is 0.349 e. The maximum atomic E-state index is 13.1. The third kappa shape index (κ3) is 5.02. The highest BCUT2D eigenvalue weighted by molar-refractivity contribution is 6.37. The molecule has 3 aromatic carbocycles. The van der Waals surface area contributed by atoms with Crippen LogP contribution in [0.4, 0.5) is 0 Å². The van der Waals surface area contributed by atoms with Crippen LogP contribution in [0.25, 0.3) is 5.69 Å². The lowest BCUT2D eigenvalue weighted by atomic mass is 9.98. The second-order valence-corrected chi connectivity index (χ2v) is 9.65. The minimum Gasteiger partial charge on any atom is -0.454 e. The van der Waals surface area contributed by atoms with Crippen LogP contribution >= 0.6 is 34.8 Å². The van der Waals surface area contributed by atoms with E-state index in [1.54, 1.807) is 41.3 Å². The number of ether oxygens (including phenoxy) is 1. The molecule has 1 amide bonds. The van der Waals surface area contributed by atoms with Gasteiger partial charge in [0.2, 0.25) is 5.69 Å². The van der Waals surface area contributed by atoms with E-state index in [0.29, 0.717) is 35.8 Å². The number of amides is 1. The van der Waals surface area contributed by atoms with Gasteiger partial charge in [0.15, 0.2) is 5.75 Å². The predicted molar refractivity (Wildman–Crippen MR) is 142 cm³/mol. The number of H-pyrrole nitrogens is 1. The lowest BCUT2D eigenvalue weighted by Gasteiger charge is -2.29. The average Bonchev–Trinajstić information content (AvgIpc) is 2.89. The number of fused-ring (bicyclic) bond motifs is 1. The Labute approximate surface area is 230 Å². The van der Waals surface area contributed by atoms with Crippen molar-refractivity contribution in [2.24, 2.45) is 0 Å². The third-order valence-electron chi connectivity index (χ3n) is 5.91. The summed E-state index contributed by atoms with van der Waals surface area (Å²) in [6, 6.07) is 16.8. The number of rotatable bonds is 5. The molecule has 190 valence electrons. The Morgan fingerprint density at radius 1 is 1.00 bits per heavy atom. The highest BCUT2D eigenvalue weighted by atomic mass is 35.5. The number of nitriles is 1. The fourth-order valence-corrected chi connectivity index (χ4v) is 4.75. The molecule has 0 fully saturated rings. The first-order valence-corrected chi connectivity index (χ1v) is 12.3. The molecule has 0 aliphatic carbocycles. The van der Waals surface area contributed by atoms with Gasteiger partial charge in [0.25, 0.3) is 11.5 Å². The quantitative estimate of drug-likeness (QED) is 0.371. The second-order valence-electron chi connectivity index (χ2n) is 8.39. The van der Waals surface area contributed by atoms with Gasteiger partial charge in [0.05, 0.1) is 15.7 Å². The number of aromatic amines is 1. The van der Waals surface area contributed by atoms with Gasteiger partial charge in [-0.25, -0.2) is 4.79 Å². The average molecular weight is 569 g/mol. The number of aromatic nitrogens is 3. The van der Waals surface area contributed by atoms with Crippen LogP contribution in [0.1, 0.15) is 27.2 Å². The SMILES string of the molecule is N#Cc1nn(-c2cc(Cl)c(Oc3ccc4c(c3)CCN(Cc3ccc(Cl)cc3)C4=O)c(Cl)c2)c(=O)[nH]c1=O. The lowest BCUT2D eigenvalue weighted by Crippen LogP contribution is -2.37. The van der Waals surface area contributed by atoms with Crippen molar-refractivity contribution in [2.75, 3.05) is 6.54 Å². The molecule has 5 rings (SSSR count). The zero-order valence-corrected chi connectivity index (χ0v) is 21.6. The summed E-state index contributed by atoms with van der Waals surface area (Å²) < 4.78 is 6.75. The van der Waals surface area contributed by atoms with Gasteiger partial charge in [-0.1, -0.05) is 46.9 Å². The van der Waals surface area contributed by atoms with Crippen LogP contribution in [-0.2, 0) is 13.0 Å². The molecule has 0 radical (unpaired) electrons. The number of nitrogens with one attached hydrogen (secondary N) is 1. The molecule has 12 heteroatoms. The molecular formula is C26H16Cl3N5O4. The van der Waals surface area contributed by atoms with Crippen molar-refractivity contribution in [1.29, 1.82) is 5.26 Å². The van der Waals surface area contributed by atoms with E-state index in [0.717, 1.165) is 15.8 Å². The Morgan fingerprint density at radius 2 is 1.71 bits per heavy atom. The molecule has 0 atom stereocenters. The van der Waals surface area contributed by atoms with Crippen molar-refractivity contribution < 1.29 is 9.53 Å². The zero-order chi connectivity index (χ0) is 27.0. The van der Waals surface area contributed by atoms with Gasteiger partial charge in [-0.05, 0) is 60.0 Å². The molecular weight excluding hydrogens is 553 g/mol. The largest absolute Gasteiger partial charge is 0.454 e. The van der Waals surface area contributed by atoms with Crippen LogP contribution in [0.3, 0.4) is 0 Å². The number of hydrogen-bond acceptors (Lipinski definition) is 6. The summed E-state index contributed by atoms with van der Waals surface area (Å²) in [5.41, 5.74) is 0.277. The van der Waals surface area contributed by atoms with E-state index in [-0.39, 0.29) is 27.4 Å². The Kier molecular flexibility index (Phi) is 6.95. The normalized spacial score (nSPS) is 12.7. The number of benzene rings is 3. The first-order chi connectivity index (χ1) is 18.2. The highest BCUT2D eigenvalue weighted by Crippen LogP contribution is 2.39. The Hall–Kier alpha value is -4.10. The van der Waals surface area contributed by atoms with Crippen molar-refractivity contribution in [3.8, 4) is 23.3 Å². The topological polar surface area (TPSA) is 121 Å². The molecule has 0 bridgehead atoms. The molecule has 1 N–H and O–H groups in total. The number of halogens is 3. The van der Waals surface area contributed by atoms with E-state index in [1.165, 1.54) is 12.1 Å². The number of nitrogens with zero attached hydrogens (tertiary/aromatic N) is 4. The molecule has 1 aliphatic rings. The van der Waals surface area contributed by atoms with Crippen LogP contribution in [0.5, 0.6) is 11.5 Å². The molecule has 38 heavy (non-hydrogen) atoms. The van der Waals surface area contributed by atoms with E-state index in [4.69, 9.17) is 44.8 Å². The minimum absolute atomic E-state index is 0.0637. The maximum absolute atomic E-state index is 13.1. The molecule has 2 heterocycles. The molecule has 1 aromatic heterocycles. The van der Waals surface area contributed by atoms with Gasteiger partial charge in [-0.3, -0.25) is 14.6 Å². The number of carbonyl (C=O) groups is 1. The highest BCUT2D eigenvalue weighted by Gasteiger charge is 2.25. The summed E-state index contributed by atoms with van der Waals surface area (Å²) >= 11 is 18.8. The van der Waals surface area contributed by atoms with Crippen molar-refractivity contribution in [2.45, 2.75) is 13.0 Å². The fraction of sp³-hybridized carbons (Fsp3) is 0.115. The van der Waals surface area contributed by atoms with Crippen LogP contribution in [0.2, 0.25) is 15.1 Å². The van der Waals surface area contributed by atoms with Crippen LogP contribution in [0, 0.1) is 11.3 Å². The summed E-state index contributed by atoms with van der Waals surface area (Å²) in [7, 11) is 0. The van der Waals surface area contributed by atoms with E-state index >= 15 is 0 Å². The summed E-state index contributed by atoms with van der Waals surface area (Å²) in [4.78, 5) is 40.7. The van der Waals surface area contributed by atoms with Gasteiger partial charge in [0, 0.05) is 23.7 Å². The molecule has 9 nitrogen and oxygen atoms in total. The maximum Gasteiger partial charge on any atom is 0.349 e. The monoisotopic (exact) mass is 567 g/mol. The first-order valence-electron chi connectivity index (χ1n) is 11.2. The summed E-state index contributed by atoms with van der Waals surface area (Å²) in [6.07, 6.45) is 0.633. The standard InChI is InChI=1S/C26H16Cl3N5O4/c27-16-3-1-14(2-4-16)13-33-8-7-15-9-18(5-6-19(15)25(33)36)38-23-20(28)10-17(11-21(23)29)34-26(37)31-24(35)22(12-30)32-34/h1-6,9-11H,7-8,13H2,(H,31,35,37). The Bertz CT molecular complexity index is 1720. The molecule has 0 spiro atoms. The molecule has 0 unspecified atom stereocenters. The Morgan fingerprint density at radius 3 is 2.39 bits per heavy atom. The minimum atomic E-state index is -0.898. The summed E-state index contributed by atoms with van der Waals surface area (Å²) in [5.74, 6) is 0.468. The fourth-order valence-electron chi connectivity index (χ4n) is 4.07. The van der Waals surface area contributed by atoms with E-state index in [2.05, 4.69) is 5.10 Å². The van der Waals surface area contributed by atoms with E-state index in [9.17, 15) is 14.4 Å². The number of carbonyl (C=O) groups excluding carboxylic acids is 1. The summed E-state index contributed by atoms with van der Waals surface area (Å²) in [5, 5.41) is 13.6. The molecule has 0 saturated carbocycles.